The van der Waals surface area contributed by atoms with Gasteiger partial charge in [-0.25, -0.2) is 0 Å². The van der Waals surface area contributed by atoms with E-state index in [1.54, 1.807) is 25.3 Å². The number of hydrogen-bond donors (Lipinski definition) is 0. The van der Waals surface area contributed by atoms with E-state index < -0.39 is 0 Å². The van der Waals surface area contributed by atoms with Crippen LogP contribution in [0.2, 0.25) is 5.02 Å². The number of halogens is 2. The molecule has 4 heteroatoms. The van der Waals surface area contributed by atoms with Crippen LogP contribution in [0.5, 0.6) is 5.75 Å². The number of benzene rings is 2. The van der Waals surface area contributed by atoms with E-state index >= 15 is 0 Å². The van der Waals surface area contributed by atoms with Crippen molar-refractivity contribution >= 4 is 33.3 Å². The molecule has 0 bridgehead atoms. The predicted molar refractivity (Wildman–Crippen MR) is 85.1 cm³/mol. The van der Waals surface area contributed by atoms with E-state index in [1.165, 1.54) is 0 Å². The molecule has 0 aliphatic carbocycles. The van der Waals surface area contributed by atoms with Crippen LogP contribution in [0.3, 0.4) is 0 Å². The Balaban J connectivity index is 2.59. The fourth-order valence-corrected chi connectivity index (χ4v) is 3.05. The predicted octanol–water partition coefficient (Wildman–Crippen LogP) is 4.96. The molecule has 0 fully saturated rings. The van der Waals surface area contributed by atoms with Crippen molar-refractivity contribution in [1.82, 2.24) is 0 Å². The minimum Gasteiger partial charge on any atom is -0.496 e. The highest BCUT2D eigenvalue weighted by atomic mass is 79.9. The maximum absolute atomic E-state index is 12.7. The summed E-state index contributed by atoms with van der Waals surface area (Å²) < 4.78 is 6.03. The normalized spacial score (nSPS) is 10.4. The largest absolute Gasteiger partial charge is 0.496 e. The number of carbonyl (C=O) groups excluding carboxylic acids is 1. The quantitative estimate of drug-likeness (QED) is 0.729. The zero-order valence-corrected chi connectivity index (χ0v) is 13.8. The van der Waals surface area contributed by atoms with Crippen molar-refractivity contribution in [2.24, 2.45) is 0 Å². The summed E-state index contributed by atoms with van der Waals surface area (Å²) in [4.78, 5) is 12.7. The molecule has 0 aromatic heterocycles. The van der Waals surface area contributed by atoms with Gasteiger partial charge in [-0.1, -0.05) is 17.7 Å². The maximum Gasteiger partial charge on any atom is 0.198 e. The lowest BCUT2D eigenvalue weighted by atomic mass is 9.96. The Morgan fingerprint density at radius 2 is 1.90 bits per heavy atom. The lowest BCUT2D eigenvalue weighted by Gasteiger charge is -2.13. The molecule has 0 saturated carbocycles. The Labute approximate surface area is 131 Å². The first-order chi connectivity index (χ1) is 9.43. The second-order valence-electron chi connectivity index (χ2n) is 4.61. The standard InChI is InChI=1S/C16H14BrClO2/c1-9-6-10(2)15(14(7-9)20-3)16(19)12-5-4-11(18)8-13(12)17/h4-8H,1-3H3. The SMILES string of the molecule is COc1cc(C)cc(C)c1C(=O)c1ccc(Cl)cc1Br. The van der Waals surface area contributed by atoms with Gasteiger partial charge in [0.25, 0.3) is 0 Å². The summed E-state index contributed by atoms with van der Waals surface area (Å²) in [7, 11) is 1.57. The van der Waals surface area contributed by atoms with Gasteiger partial charge in [0.2, 0.25) is 0 Å². The number of aryl methyl sites for hydroxylation is 2. The monoisotopic (exact) mass is 352 g/mol. The zero-order chi connectivity index (χ0) is 14.9. The van der Waals surface area contributed by atoms with Crippen molar-refractivity contribution in [3.8, 4) is 5.75 Å². The van der Waals surface area contributed by atoms with E-state index in [-0.39, 0.29) is 5.78 Å². The van der Waals surface area contributed by atoms with E-state index in [9.17, 15) is 4.79 Å². The molecular formula is C16H14BrClO2. The van der Waals surface area contributed by atoms with Crippen LogP contribution in [0.4, 0.5) is 0 Å². The van der Waals surface area contributed by atoms with Gasteiger partial charge in [-0.05, 0) is 65.2 Å². The molecule has 0 spiro atoms. The van der Waals surface area contributed by atoms with Crippen molar-refractivity contribution in [2.45, 2.75) is 13.8 Å². The van der Waals surface area contributed by atoms with Crippen molar-refractivity contribution in [2.75, 3.05) is 7.11 Å². The van der Waals surface area contributed by atoms with Gasteiger partial charge >= 0.3 is 0 Å². The molecule has 0 saturated heterocycles. The lowest BCUT2D eigenvalue weighted by Crippen LogP contribution is -2.07. The van der Waals surface area contributed by atoms with Gasteiger partial charge in [-0.3, -0.25) is 4.79 Å². The Hall–Kier alpha value is -1.32. The molecule has 0 atom stereocenters. The maximum atomic E-state index is 12.7. The van der Waals surface area contributed by atoms with E-state index in [2.05, 4.69) is 15.9 Å². The summed E-state index contributed by atoms with van der Waals surface area (Å²) in [5.74, 6) is 0.511. The Morgan fingerprint density at radius 3 is 2.50 bits per heavy atom. The lowest BCUT2D eigenvalue weighted by molar-refractivity contribution is 0.103. The van der Waals surface area contributed by atoms with Gasteiger partial charge in [0, 0.05) is 15.1 Å². The molecule has 0 radical (unpaired) electrons. The average Bonchev–Trinajstić information content (AvgIpc) is 2.37. The molecule has 2 rings (SSSR count). The van der Waals surface area contributed by atoms with Crippen LogP contribution in [0, 0.1) is 13.8 Å². The van der Waals surface area contributed by atoms with Crippen LogP contribution in [0.25, 0.3) is 0 Å². The molecule has 0 aliphatic rings. The number of carbonyl (C=O) groups is 1. The first kappa shape index (κ1) is 15.1. The summed E-state index contributed by atoms with van der Waals surface area (Å²) in [5, 5.41) is 0.584. The first-order valence-electron chi connectivity index (χ1n) is 6.09. The highest BCUT2D eigenvalue weighted by Gasteiger charge is 2.19. The van der Waals surface area contributed by atoms with Gasteiger partial charge in [0.05, 0.1) is 12.7 Å². The molecular weight excluding hydrogens is 340 g/mol. The minimum absolute atomic E-state index is 0.0807. The van der Waals surface area contributed by atoms with Crippen molar-refractivity contribution in [3.63, 3.8) is 0 Å². The van der Waals surface area contributed by atoms with E-state index in [4.69, 9.17) is 16.3 Å². The van der Waals surface area contributed by atoms with Crippen LogP contribution in [0.1, 0.15) is 27.0 Å². The van der Waals surface area contributed by atoms with E-state index in [0.717, 1.165) is 11.1 Å². The highest BCUT2D eigenvalue weighted by Crippen LogP contribution is 2.30. The Bertz CT molecular complexity index is 680. The second kappa shape index (κ2) is 5.98. The number of rotatable bonds is 3. The molecule has 0 amide bonds. The van der Waals surface area contributed by atoms with Gasteiger partial charge < -0.3 is 4.74 Å². The fraction of sp³-hybridized carbons (Fsp3) is 0.188. The van der Waals surface area contributed by atoms with Crippen molar-refractivity contribution < 1.29 is 9.53 Å². The zero-order valence-electron chi connectivity index (χ0n) is 11.5. The topological polar surface area (TPSA) is 26.3 Å². The van der Waals surface area contributed by atoms with Gasteiger partial charge in [-0.15, -0.1) is 0 Å². The number of methoxy groups -OCH3 is 1. The Kier molecular flexibility index (Phi) is 4.51. The summed E-state index contributed by atoms with van der Waals surface area (Å²) in [5.41, 5.74) is 3.11. The van der Waals surface area contributed by atoms with Gasteiger partial charge in [-0.2, -0.15) is 0 Å². The Morgan fingerprint density at radius 1 is 1.20 bits per heavy atom. The van der Waals surface area contributed by atoms with Crippen LogP contribution in [0.15, 0.2) is 34.8 Å². The van der Waals surface area contributed by atoms with Crippen molar-refractivity contribution in [3.05, 3.63) is 62.1 Å². The number of ether oxygens (including phenoxy) is 1. The van der Waals surface area contributed by atoms with Crippen LogP contribution >= 0.6 is 27.5 Å². The number of ketones is 1. The summed E-state index contributed by atoms with van der Waals surface area (Å²) >= 11 is 9.30. The molecule has 2 aromatic carbocycles. The summed E-state index contributed by atoms with van der Waals surface area (Å²) in [6.07, 6.45) is 0. The molecule has 2 aromatic rings. The number of hydrogen-bond acceptors (Lipinski definition) is 2. The second-order valence-corrected chi connectivity index (χ2v) is 5.90. The fourth-order valence-electron chi connectivity index (χ4n) is 2.19. The third-order valence-corrected chi connectivity index (χ3v) is 3.96. The molecule has 0 aliphatic heterocycles. The van der Waals surface area contributed by atoms with Gasteiger partial charge in [0.15, 0.2) is 5.78 Å². The summed E-state index contributed by atoms with van der Waals surface area (Å²) in [6.45, 7) is 3.88. The van der Waals surface area contributed by atoms with E-state index in [1.807, 2.05) is 26.0 Å². The van der Waals surface area contributed by atoms with Gasteiger partial charge in [0.1, 0.15) is 5.75 Å². The molecule has 20 heavy (non-hydrogen) atoms. The molecule has 2 nitrogen and oxygen atoms in total. The van der Waals surface area contributed by atoms with Crippen LogP contribution in [-0.2, 0) is 0 Å². The first-order valence-corrected chi connectivity index (χ1v) is 7.26. The summed E-state index contributed by atoms with van der Waals surface area (Å²) in [6, 6.07) is 8.97. The van der Waals surface area contributed by atoms with Crippen LogP contribution < -0.4 is 4.74 Å². The average molecular weight is 354 g/mol. The third kappa shape index (κ3) is 2.89. The minimum atomic E-state index is -0.0807. The molecule has 104 valence electrons. The molecule has 0 N–H and O–H groups in total. The van der Waals surface area contributed by atoms with Crippen LogP contribution in [-0.4, -0.2) is 12.9 Å². The molecule has 0 heterocycles. The third-order valence-electron chi connectivity index (χ3n) is 3.07. The highest BCUT2D eigenvalue weighted by molar-refractivity contribution is 9.10. The molecule has 0 unspecified atom stereocenters. The van der Waals surface area contributed by atoms with E-state index in [0.29, 0.717) is 26.4 Å². The van der Waals surface area contributed by atoms with Crippen molar-refractivity contribution in [1.29, 1.82) is 0 Å². The smallest absolute Gasteiger partial charge is 0.198 e.